The van der Waals surface area contributed by atoms with Crippen molar-refractivity contribution in [3.63, 3.8) is 0 Å². The minimum absolute atomic E-state index is 0.345. The van der Waals surface area contributed by atoms with Crippen molar-refractivity contribution in [3.05, 3.63) is 48.1 Å². The lowest BCUT2D eigenvalue weighted by molar-refractivity contribution is 0.00578. The summed E-state index contributed by atoms with van der Waals surface area (Å²) in [6, 6.07) is 3.72. The average molecular weight is 367 g/mol. The number of aromatic nitrogens is 3. The number of terminal acetylenes is 1. The Morgan fingerprint density at radius 2 is 1.89 bits per heavy atom. The SMILES string of the molecule is C#CCn1cc(CC=C(F)B2OC(C)(C)C(C)(C)O2)c(-c2ccncc2)n1. The summed E-state index contributed by atoms with van der Waals surface area (Å²) in [7, 11) is -1.000. The van der Waals surface area contributed by atoms with Crippen LogP contribution >= 0.6 is 0 Å². The van der Waals surface area contributed by atoms with E-state index in [1.807, 2.05) is 46.0 Å². The number of hydrogen-bond acceptors (Lipinski definition) is 4. The van der Waals surface area contributed by atoms with Gasteiger partial charge in [0.05, 0.1) is 16.9 Å². The van der Waals surface area contributed by atoms with Crippen LogP contribution in [0, 0.1) is 12.3 Å². The highest BCUT2D eigenvalue weighted by molar-refractivity contribution is 6.53. The Labute approximate surface area is 159 Å². The van der Waals surface area contributed by atoms with Crippen LogP contribution in [0.15, 0.2) is 42.5 Å². The zero-order valence-corrected chi connectivity index (χ0v) is 16.1. The molecule has 1 aliphatic heterocycles. The minimum atomic E-state index is -1.000. The van der Waals surface area contributed by atoms with E-state index in [2.05, 4.69) is 16.0 Å². The summed E-state index contributed by atoms with van der Waals surface area (Å²) in [4.78, 5) is 4.03. The van der Waals surface area contributed by atoms with E-state index in [1.54, 1.807) is 17.1 Å². The molecule has 0 N–H and O–H groups in total. The lowest BCUT2D eigenvalue weighted by atomic mass is 9.87. The third-order valence-corrected chi connectivity index (χ3v) is 5.04. The summed E-state index contributed by atoms with van der Waals surface area (Å²) in [6.45, 7) is 7.93. The summed E-state index contributed by atoms with van der Waals surface area (Å²) in [5, 5.41) is 4.52. The van der Waals surface area contributed by atoms with Crippen LogP contribution in [0.25, 0.3) is 11.3 Å². The molecule has 27 heavy (non-hydrogen) atoms. The fourth-order valence-electron chi connectivity index (χ4n) is 2.80. The van der Waals surface area contributed by atoms with Crippen molar-refractivity contribution in [2.45, 2.75) is 51.9 Å². The molecule has 140 valence electrons. The molecule has 3 heterocycles. The fourth-order valence-corrected chi connectivity index (χ4v) is 2.80. The third kappa shape index (κ3) is 3.97. The van der Waals surface area contributed by atoms with Crippen molar-refractivity contribution in [1.29, 1.82) is 0 Å². The molecule has 0 unspecified atom stereocenters. The van der Waals surface area contributed by atoms with Gasteiger partial charge in [-0.3, -0.25) is 9.67 Å². The molecule has 3 rings (SSSR count). The Kier molecular flexibility index (Phi) is 5.23. The molecule has 0 bridgehead atoms. The molecule has 2 aromatic heterocycles. The summed E-state index contributed by atoms with van der Waals surface area (Å²) < 4.78 is 27.9. The highest BCUT2D eigenvalue weighted by Gasteiger charge is 2.52. The largest absolute Gasteiger partial charge is 0.524 e. The van der Waals surface area contributed by atoms with E-state index in [0.29, 0.717) is 13.0 Å². The molecule has 0 saturated carbocycles. The number of rotatable bonds is 5. The third-order valence-electron chi connectivity index (χ3n) is 5.04. The Balaban J connectivity index is 1.83. The lowest BCUT2D eigenvalue weighted by Gasteiger charge is -2.32. The standard InChI is InChI=1S/C20H23BFN3O2/c1-6-13-25-14-16(18(24-25)15-9-11-23-12-10-15)7-8-17(22)21-26-19(2,3)20(4,5)27-21/h1,8-12,14H,7,13H2,2-5H3. The number of allylic oxidation sites excluding steroid dienone is 1. The first kappa shape index (κ1) is 19.3. The monoisotopic (exact) mass is 367 g/mol. The van der Waals surface area contributed by atoms with Crippen molar-refractivity contribution in [2.75, 3.05) is 0 Å². The Hall–Kier alpha value is -2.43. The molecule has 2 aromatic rings. The first-order valence-corrected chi connectivity index (χ1v) is 8.85. The number of nitrogens with zero attached hydrogens (tertiary/aromatic N) is 3. The Bertz CT molecular complexity index is 868. The van der Waals surface area contributed by atoms with Crippen LogP contribution in [0.3, 0.4) is 0 Å². The summed E-state index contributed by atoms with van der Waals surface area (Å²) >= 11 is 0. The van der Waals surface area contributed by atoms with Gasteiger partial charge in [0.25, 0.3) is 0 Å². The summed E-state index contributed by atoms with van der Waals surface area (Å²) in [6.07, 6.45) is 12.4. The highest BCUT2D eigenvalue weighted by atomic mass is 19.1. The maximum atomic E-state index is 14.7. The normalized spacial score (nSPS) is 18.5. The topological polar surface area (TPSA) is 49.2 Å². The van der Waals surface area contributed by atoms with E-state index in [-0.39, 0.29) is 0 Å². The number of hydrogen-bond donors (Lipinski definition) is 0. The van der Waals surface area contributed by atoms with E-state index >= 15 is 0 Å². The second-order valence-electron chi connectivity index (χ2n) is 7.52. The molecular formula is C20H23BFN3O2. The van der Waals surface area contributed by atoms with Gasteiger partial charge in [0.2, 0.25) is 0 Å². The van der Waals surface area contributed by atoms with Gasteiger partial charge in [-0.1, -0.05) is 12.0 Å². The minimum Gasteiger partial charge on any atom is -0.398 e. The summed E-state index contributed by atoms with van der Waals surface area (Å²) in [5.41, 5.74) is 0.916. The van der Waals surface area contributed by atoms with Crippen LogP contribution < -0.4 is 0 Å². The smallest absolute Gasteiger partial charge is 0.398 e. The van der Waals surface area contributed by atoms with Gasteiger partial charge >= 0.3 is 7.12 Å². The first-order valence-electron chi connectivity index (χ1n) is 8.85. The number of halogens is 1. The molecule has 7 heteroatoms. The van der Waals surface area contributed by atoms with Crippen LogP contribution in [0.5, 0.6) is 0 Å². The van der Waals surface area contributed by atoms with Crippen LogP contribution in [-0.4, -0.2) is 33.1 Å². The molecule has 1 saturated heterocycles. The van der Waals surface area contributed by atoms with Gasteiger partial charge in [0.15, 0.2) is 0 Å². The lowest BCUT2D eigenvalue weighted by Crippen LogP contribution is -2.41. The van der Waals surface area contributed by atoms with E-state index < -0.39 is 24.0 Å². The van der Waals surface area contributed by atoms with Crippen molar-refractivity contribution in [2.24, 2.45) is 0 Å². The number of pyridine rings is 1. The van der Waals surface area contributed by atoms with Gasteiger partial charge in [0, 0.05) is 29.7 Å². The van der Waals surface area contributed by atoms with E-state index in [9.17, 15) is 4.39 Å². The van der Waals surface area contributed by atoms with E-state index in [1.165, 1.54) is 6.08 Å². The fraction of sp³-hybridized carbons (Fsp3) is 0.400. The molecule has 5 nitrogen and oxygen atoms in total. The summed E-state index contributed by atoms with van der Waals surface area (Å²) in [5.74, 6) is 2.56. The van der Waals surface area contributed by atoms with Gasteiger partial charge < -0.3 is 9.31 Å². The van der Waals surface area contributed by atoms with Gasteiger partial charge in [-0.15, -0.1) is 6.42 Å². The van der Waals surface area contributed by atoms with Gasteiger partial charge in [-0.05, 0) is 46.2 Å². The van der Waals surface area contributed by atoms with Crippen LogP contribution in [0.1, 0.15) is 33.3 Å². The van der Waals surface area contributed by atoms with Crippen molar-refractivity contribution < 1.29 is 13.7 Å². The molecule has 0 amide bonds. The Morgan fingerprint density at radius 3 is 2.48 bits per heavy atom. The molecule has 0 radical (unpaired) electrons. The maximum Gasteiger partial charge on any atom is 0.524 e. The molecule has 0 aromatic carbocycles. The maximum absolute atomic E-state index is 14.7. The van der Waals surface area contributed by atoms with Crippen LogP contribution in [0.2, 0.25) is 0 Å². The van der Waals surface area contributed by atoms with Crippen molar-refractivity contribution in [3.8, 4) is 23.6 Å². The average Bonchev–Trinajstić information content (AvgIpc) is 3.11. The first-order chi connectivity index (χ1) is 12.7. The van der Waals surface area contributed by atoms with Crippen molar-refractivity contribution >= 4 is 7.12 Å². The molecule has 0 spiro atoms. The second-order valence-corrected chi connectivity index (χ2v) is 7.52. The molecule has 0 aliphatic carbocycles. The predicted molar refractivity (Wildman–Crippen MR) is 103 cm³/mol. The predicted octanol–water partition coefficient (Wildman–Crippen LogP) is 3.61. The van der Waals surface area contributed by atoms with Gasteiger partial charge in [-0.2, -0.15) is 5.10 Å². The van der Waals surface area contributed by atoms with Crippen LogP contribution in [0.4, 0.5) is 4.39 Å². The molecular weight excluding hydrogens is 344 g/mol. The van der Waals surface area contributed by atoms with E-state index in [4.69, 9.17) is 15.7 Å². The van der Waals surface area contributed by atoms with Gasteiger partial charge in [0.1, 0.15) is 12.3 Å². The van der Waals surface area contributed by atoms with Gasteiger partial charge in [-0.25, -0.2) is 4.39 Å². The molecule has 0 atom stereocenters. The second kappa shape index (κ2) is 7.30. The quantitative estimate of drug-likeness (QED) is 0.599. The molecule has 1 fully saturated rings. The van der Waals surface area contributed by atoms with Crippen LogP contribution in [-0.2, 0) is 22.3 Å². The zero-order valence-electron chi connectivity index (χ0n) is 16.1. The Morgan fingerprint density at radius 1 is 1.26 bits per heavy atom. The highest BCUT2D eigenvalue weighted by Crippen LogP contribution is 2.38. The van der Waals surface area contributed by atoms with Crippen molar-refractivity contribution in [1.82, 2.24) is 14.8 Å². The zero-order chi connectivity index (χ0) is 19.7. The molecule has 1 aliphatic rings. The van der Waals surface area contributed by atoms with E-state index in [0.717, 1.165) is 16.8 Å².